The monoisotopic (exact) mass is 324 g/mol. The van der Waals surface area contributed by atoms with Gasteiger partial charge in [-0.2, -0.15) is 0 Å². The summed E-state index contributed by atoms with van der Waals surface area (Å²) in [7, 11) is 1.66. The van der Waals surface area contributed by atoms with E-state index in [4.69, 9.17) is 9.47 Å². The van der Waals surface area contributed by atoms with E-state index in [1.54, 1.807) is 7.11 Å². The molecule has 2 rings (SSSR count). The van der Waals surface area contributed by atoms with Gasteiger partial charge in [-0.15, -0.1) is 0 Å². The van der Waals surface area contributed by atoms with Gasteiger partial charge in [0.15, 0.2) is 0 Å². The lowest BCUT2D eigenvalue weighted by atomic mass is 10.0. The van der Waals surface area contributed by atoms with E-state index in [0.717, 1.165) is 22.4 Å². The van der Waals surface area contributed by atoms with Crippen molar-refractivity contribution in [3.05, 3.63) is 70.3 Å². The van der Waals surface area contributed by atoms with Crippen LogP contribution in [0.15, 0.2) is 42.5 Å². The highest BCUT2D eigenvalue weighted by atomic mass is 16.5. The fourth-order valence-corrected chi connectivity index (χ4v) is 2.54. The van der Waals surface area contributed by atoms with Gasteiger partial charge in [0.1, 0.15) is 11.9 Å². The first-order valence-electron chi connectivity index (χ1n) is 7.98. The van der Waals surface area contributed by atoms with Crippen LogP contribution in [-0.2, 0) is 9.53 Å². The molecule has 3 nitrogen and oxygen atoms in total. The van der Waals surface area contributed by atoms with Gasteiger partial charge < -0.3 is 9.47 Å². The molecule has 0 amide bonds. The van der Waals surface area contributed by atoms with Gasteiger partial charge in [0.2, 0.25) is 0 Å². The molecule has 0 aliphatic heterocycles. The third-order valence-corrected chi connectivity index (χ3v) is 4.03. The highest BCUT2D eigenvalue weighted by molar-refractivity contribution is 5.67. The molecule has 0 spiro atoms. The van der Waals surface area contributed by atoms with Crippen molar-refractivity contribution >= 4 is 12.0 Å². The van der Waals surface area contributed by atoms with Gasteiger partial charge >= 0.3 is 5.97 Å². The van der Waals surface area contributed by atoms with Gasteiger partial charge in [0, 0.05) is 6.92 Å². The zero-order valence-corrected chi connectivity index (χ0v) is 14.9. The van der Waals surface area contributed by atoms with Crippen LogP contribution < -0.4 is 4.74 Å². The summed E-state index contributed by atoms with van der Waals surface area (Å²) in [5, 5.41) is 0. The van der Waals surface area contributed by atoms with E-state index in [0.29, 0.717) is 0 Å². The molecular formula is C21H24O3. The van der Waals surface area contributed by atoms with Gasteiger partial charge in [0.25, 0.3) is 0 Å². The second-order valence-corrected chi connectivity index (χ2v) is 5.96. The average Bonchev–Trinajstić information content (AvgIpc) is 2.54. The maximum Gasteiger partial charge on any atom is 0.303 e. The van der Waals surface area contributed by atoms with Crippen LogP contribution in [0.25, 0.3) is 6.08 Å². The molecule has 0 aliphatic rings. The second-order valence-electron chi connectivity index (χ2n) is 5.96. The van der Waals surface area contributed by atoms with E-state index in [2.05, 4.69) is 19.9 Å². The molecule has 0 heterocycles. The number of carbonyl (C=O) groups is 1. The molecule has 0 bridgehead atoms. The topological polar surface area (TPSA) is 35.5 Å². The van der Waals surface area contributed by atoms with Crippen LogP contribution in [0.5, 0.6) is 5.75 Å². The lowest BCUT2D eigenvalue weighted by Gasteiger charge is -2.15. The molecule has 0 aliphatic carbocycles. The van der Waals surface area contributed by atoms with Crippen molar-refractivity contribution in [3.63, 3.8) is 0 Å². The number of ether oxygens (including phenoxy) is 2. The minimum Gasteiger partial charge on any atom is -0.496 e. The molecule has 126 valence electrons. The fourth-order valence-electron chi connectivity index (χ4n) is 2.54. The molecule has 0 saturated carbocycles. The summed E-state index contributed by atoms with van der Waals surface area (Å²) < 4.78 is 10.8. The van der Waals surface area contributed by atoms with Gasteiger partial charge in [-0.1, -0.05) is 30.3 Å². The molecule has 0 fully saturated rings. The largest absolute Gasteiger partial charge is 0.496 e. The number of methoxy groups -OCH3 is 1. The maximum atomic E-state index is 11.5. The average molecular weight is 324 g/mol. The molecule has 24 heavy (non-hydrogen) atoms. The Bertz CT molecular complexity index is 760. The normalized spacial score (nSPS) is 12.2. The first-order valence-corrected chi connectivity index (χ1v) is 7.98. The van der Waals surface area contributed by atoms with E-state index in [-0.39, 0.29) is 5.97 Å². The summed E-state index contributed by atoms with van der Waals surface area (Å²) in [5.74, 6) is 0.562. The Labute approximate surface area is 143 Å². The molecule has 1 atom stereocenters. The number of hydrogen-bond donors (Lipinski definition) is 0. The Balaban J connectivity index is 2.29. The molecule has 2 aromatic rings. The first-order chi connectivity index (χ1) is 11.4. The van der Waals surface area contributed by atoms with Crippen LogP contribution in [0.1, 0.15) is 40.8 Å². The van der Waals surface area contributed by atoms with Gasteiger partial charge in [-0.3, -0.25) is 4.79 Å². The molecule has 0 aromatic heterocycles. The predicted molar refractivity (Wildman–Crippen MR) is 97.2 cm³/mol. The quantitative estimate of drug-likeness (QED) is 0.731. The maximum absolute atomic E-state index is 11.5. The summed E-state index contributed by atoms with van der Waals surface area (Å²) in [5.41, 5.74) is 5.47. The zero-order valence-electron chi connectivity index (χ0n) is 14.9. The van der Waals surface area contributed by atoms with Crippen molar-refractivity contribution in [1.82, 2.24) is 0 Å². The van der Waals surface area contributed by atoms with E-state index < -0.39 is 6.10 Å². The number of carbonyl (C=O) groups excluding carboxylic acids is 1. The second kappa shape index (κ2) is 7.82. The third kappa shape index (κ3) is 4.48. The third-order valence-electron chi connectivity index (χ3n) is 4.03. The van der Waals surface area contributed by atoms with Crippen LogP contribution in [0.2, 0.25) is 0 Å². The van der Waals surface area contributed by atoms with E-state index in [9.17, 15) is 4.79 Å². The minimum absolute atomic E-state index is 0.297. The standard InChI is InChI=1S/C21H24O3/c1-14-6-9-19(13-15(14)2)21(24-17(4)22)11-8-18-7-10-20(23-5)16(3)12-18/h6-13,21H,1-5H3/b11-8+. The van der Waals surface area contributed by atoms with Crippen molar-refractivity contribution < 1.29 is 14.3 Å². The Hall–Kier alpha value is -2.55. The minimum atomic E-state index is -0.399. The molecule has 2 aromatic carbocycles. The number of aryl methyl sites for hydroxylation is 3. The Kier molecular flexibility index (Phi) is 5.80. The highest BCUT2D eigenvalue weighted by Gasteiger charge is 2.12. The van der Waals surface area contributed by atoms with Crippen LogP contribution in [0.3, 0.4) is 0 Å². The number of esters is 1. The van der Waals surface area contributed by atoms with Crippen LogP contribution >= 0.6 is 0 Å². The van der Waals surface area contributed by atoms with Crippen molar-refractivity contribution in [2.75, 3.05) is 7.11 Å². The van der Waals surface area contributed by atoms with Crippen molar-refractivity contribution in [3.8, 4) is 5.75 Å². The molecule has 0 saturated heterocycles. The SMILES string of the molecule is COc1ccc(/C=C/C(OC(C)=O)c2ccc(C)c(C)c2)cc1C. The predicted octanol–water partition coefficient (Wildman–Crippen LogP) is 4.94. The Morgan fingerprint density at radius 3 is 2.33 bits per heavy atom. The van der Waals surface area contributed by atoms with E-state index in [1.807, 2.05) is 49.4 Å². The number of rotatable bonds is 5. The molecule has 0 radical (unpaired) electrons. The number of benzene rings is 2. The summed E-state index contributed by atoms with van der Waals surface area (Å²) in [6, 6.07) is 12.1. The van der Waals surface area contributed by atoms with E-state index in [1.165, 1.54) is 18.1 Å². The molecular weight excluding hydrogens is 300 g/mol. The van der Waals surface area contributed by atoms with Gasteiger partial charge in [-0.05, 0) is 66.8 Å². The first kappa shape index (κ1) is 17.8. The fraction of sp³-hybridized carbons (Fsp3) is 0.286. The lowest BCUT2D eigenvalue weighted by Crippen LogP contribution is -2.06. The number of hydrogen-bond acceptors (Lipinski definition) is 3. The van der Waals surface area contributed by atoms with Gasteiger partial charge in [-0.25, -0.2) is 0 Å². The van der Waals surface area contributed by atoms with Crippen LogP contribution in [0, 0.1) is 20.8 Å². The Morgan fingerprint density at radius 1 is 1.00 bits per heavy atom. The van der Waals surface area contributed by atoms with Crippen LogP contribution in [-0.4, -0.2) is 13.1 Å². The molecule has 3 heteroatoms. The van der Waals surface area contributed by atoms with Gasteiger partial charge in [0.05, 0.1) is 7.11 Å². The van der Waals surface area contributed by atoms with Crippen molar-refractivity contribution in [2.45, 2.75) is 33.8 Å². The van der Waals surface area contributed by atoms with E-state index >= 15 is 0 Å². The van der Waals surface area contributed by atoms with Crippen LogP contribution in [0.4, 0.5) is 0 Å². The summed E-state index contributed by atoms with van der Waals surface area (Å²) in [6.07, 6.45) is 3.48. The Morgan fingerprint density at radius 2 is 1.75 bits per heavy atom. The summed E-state index contributed by atoms with van der Waals surface area (Å²) in [6.45, 7) is 7.55. The van der Waals surface area contributed by atoms with Crippen molar-refractivity contribution in [1.29, 1.82) is 0 Å². The zero-order chi connectivity index (χ0) is 17.7. The lowest BCUT2D eigenvalue weighted by molar-refractivity contribution is -0.144. The molecule has 0 N–H and O–H groups in total. The van der Waals surface area contributed by atoms with Crippen molar-refractivity contribution in [2.24, 2.45) is 0 Å². The summed E-state index contributed by atoms with van der Waals surface area (Å²) in [4.78, 5) is 11.5. The molecule has 1 unspecified atom stereocenters. The smallest absolute Gasteiger partial charge is 0.303 e. The highest BCUT2D eigenvalue weighted by Crippen LogP contribution is 2.24. The summed E-state index contributed by atoms with van der Waals surface area (Å²) >= 11 is 0.